The molecular weight excluding hydrogens is 400 g/mol. The lowest BCUT2D eigenvalue weighted by Gasteiger charge is -2.23. The summed E-state index contributed by atoms with van der Waals surface area (Å²) in [5.74, 6) is -1.26. The summed E-state index contributed by atoms with van der Waals surface area (Å²) in [6.45, 7) is 1.43. The highest BCUT2D eigenvalue weighted by atomic mass is 35.5. The average Bonchev–Trinajstić information content (AvgIpc) is 2.67. The standard InChI is InChI=1S/C20H19ClN2O4S/c1-12(13-6-8-14(21)9-7-13)22-18(24)11-27-19(25)10-17-20(26)23-15-4-2-3-5-16(15)28-17/h2-9,12,17H,10-11H2,1H3,(H,22,24)(H,23,26)/t12-,17+/m0/s1. The van der Waals surface area contributed by atoms with Gasteiger partial charge in [0.2, 0.25) is 5.91 Å². The average molecular weight is 419 g/mol. The summed E-state index contributed by atoms with van der Waals surface area (Å²) in [7, 11) is 0. The van der Waals surface area contributed by atoms with E-state index in [-0.39, 0.29) is 18.4 Å². The number of carbonyl (C=O) groups excluding carboxylic acids is 3. The van der Waals surface area contributed by atoms with Gasteiger partial charge in [0.15, 0.2) is 6.61 Å². The molecule has 0 aliphatic carbocycles. The van der Waals surface area contributed by atoms with Gasteiger partial charge in [0.1, 0.15) is 0 Å². The molecule has 0 bridgehead atoms. The van der Waals surface area contributed by atoms with Crippen molar-refractivity contribution in [2.24, 2.45) is 0 Å². The van der Waals surface area contributed by atoms with Gasteiger partial charge in [-0.1, -0.05) is 35.9 Å². The predicted molar refractivity (Wildman–Crippen MR) is 108 cm³/mol. The highest BCUT2D eigenvalue weighted by molar-refractivity contribution is 8.01. The maximum Gasteiger partial charge on any atom is 0.307 e. The second-order valence-electron chi connectivity index (χ2n) is 6.30. The van der Waals surface area contributed by atoms with Gasteiger partial charge in [-0.2, -0.15) is 0 Å². The van der Waals surface area contributed by atoms with Gasteiger partial charge in [0.25, 0.3) is 5.91 Å². The van der Waals surface area contributed by atoms with Crippen LogP contribution in [0.5, 0.6) is 0 Å². The molecule has 0 spiro atoms. The maximum atomic E-state index is 12.1. The molecule has 2 aromatic carbocycles. The number of anilines is 1. The number of hydrogen-bond donors (Lipinski definition) is 2. The summed E-state index contributed by atoms with van der Waals surface area (Å²) in [5, 5.41) is 5.55. The molecule has 0 aromatic heterocycles. The number of thioether (sulfide) groups is 1. The Kier molecular flexibility index (Phi) is 6.59. The van der Waals surface area contributed by atoms with Crippen LogP contribution in [0.3, 0.4) is 0 Å². The minimum atomic E-state index is -0.596. The summed E-state index contributed by atoms with van der Waals surface area (Å²) < 4.78 is 5.03. The third-order valence-corrected chi connectivity index (χ3v) is 5.70. The highest BCUT2D eigenvalue weighted by Gasteiger charge is 2.29. The topological polar surface area (TPSA) is 84.5 Å². The molecule has 3 rings (SSSR count). The van der Waals surface area contributed by atoms with E-state index in [9.17, 15) is 14.4 Å². The SMILES string of the molecule is C[C@H](NC(=O)COC(=O)C[C@H]1Sc2ccccc2NC1=O)c1ccc(Cl)cc1. The number of carbonyl (C=O) groups is 3. The van der Waals surface area contributed by atoms with Crippen LogP contribution in [-0.4, -0.2) is 29.6 Å². The van der Waals surface area contributed by atoms with Crippen LogP contribution in [0, 0.1) is 0 Å². The van der Waals surface area contributed by atoms with Gasteiger partial charge in [-0.15, -0.1) is 11.8 Å². The highest BCUT2D eigenvalue weighted by Crippen LogP contribution is 2.36. The van der Waals surface area contributed by atoms with Crippen molar-refractivity contribution in [1.29, 1.82) is 0 Å². The van der Waals surface area contributed by atoms with Gasteiger partial charge >= 0.3 is 5.97 Å². The molecule has 2 aromatic rings. The van der Waals surface area contributed by atoms with E-state index in [0.717, 1.165) is 16.1 Å². The molecule has 0 unspecified atom stereocenters. The number of benzene rings is 2. The largest absolute Gasteiger partial charge is 0.456 e. The first-order valence-electron chi connectivity index (χ1n) is 8.69. The molecule has 2 N–H and O–H groups in total. The van der Waals surface area contributed by atoms with E-state index < -0.39 is 23.7 Å². The number of nitrogens with one attached hydrogen (secondary N) is 2. The quantitative estimate of drug-likeness (QED) is 0.700. The zero-order valence-electron chi connectivity index (χ0n) is 15.1. The van der Waals surface area contributed by atoms with E-state index in [1.54, 1.807) is 18.2 Å². The van der Waals surface area contributed by atoms with Crippen molar-refractivity contribution < 1.29 is 19.1 Å². The van der Waals surface area contributed by atoms with Crippen molar-refractivity contribution in [3.05, 3.63) is 59.1 Å². The van der Waals surface area contributed by atoms with E-state index in [0.29, 0.717) is 5.02 Å². The van der Waals surface area contributed by atoms with Crippen molar-refractivity contribution in [3.8, 4) is 0 Å². The van der Waals surface area contributed by atoms with Crippen LogP contribution in [0.2, 0.25) is 5.02 Å². The number of amides is 2. The summed E-state index contributed by atoms with van der Waals surface area (Å²) in [4.78, 5) is 37.1. The number of halogens is 1. The molecule has 1 aliphatic rings. The van der Waals surface area contributed by atoms with Crippen molar-refractivity contribution in [1.82, 2.24) is 5.32 Å². The summed E-state index contributed by atoms with van der Waals surface area (Å²) in [6, 6.07) is 14.2. The fourth-order valence-corrected chi connectivity index (χ4v) is 3.92. The van der Waals surface area contributed by atoms with E-state index >= 15 is 0 Å². The molecule has 146 valence electrons. The Balaban J connectivity index is 1.45. The number of fused-ring (bicyclic) bond motifs is 1. The van der Waals surface area contributed by atoms with Gasteiger partial charge in [-0.05, 0) is 36.8 Å². The van der Waals surface area contributed by atoms with Crippen molar-refractivity contribution in [2.75, 3.05) is 11.9 Å². The second kappa shape index (κ2) is 9.12. The minimum absolute atomic E-state index is 0.106. The summed E-state index contributed by atoms with van der Waals surface area (Å²) in [6.07, 6.45) is -0.106. The molecule has 0 fully saturated rings. The fourth-order valence-electron chi connectivity index (χ4n) is 2.70. The van der Waals surface area contributed by atoms with Crippen LogP contribution in [0.1, 0.15) is 24.9 Å². The lowest BCUT2D eigenvalue weighted by atomic mass is 10.1. The molecule has 0 saturated carbocycles. The molecule has 0 saturated heterocycles. The third kappa shape index (κ3) is 5.27. The molecule has 0 radical (unpaired) electrons. The molecule has 2 amide bonds. The number of para-hydroxylation sites is 1. The molecule has 8 heteroatoms. The first-order chi connectivity index (χ1) is 13.4. The van der Waals surface area contributed by atoms with Crippen LogP contribution < -0.4 is 10.6 Å². The minimum Gasteiger partial charge on any atom is -0.456 e. The lowest BCUT2D eigenvalue weighted by Crippen LogP contribution is -2.34. The summed E-state index contributed by atoms with van der Waals surface area (Å²) >= 11 is 7.16. The zero-order chi connectivity index (χ0) is 20.1. The monoisotopic (exact) mass is 418 g/mol. The zero-order valence-corrected chi connectivity index (χ0v) is 16.7. The second-order valence-corrected chi connectivity index (χ2v) is 7.98. The third-order valence-electron chi connectivity index (χ3n) is 4.17. The van der Waals surface area contributed by atoms with Gasteiger partial charge in [-0.25, -0.2) is 0 Å². The fraction of sp³-hybridized carbons (Fsp3) is 0.250. The Morgan fingerprint density at radius 3 is 2.68 bits per heavy atom. The molecule has 1 aliphatic heterocycles. The van der Waals surface area contributed by atoms with Crippen molar-refractivity contribution in [2.45, 2.75) is 29.5 Å². The van der Waals surface area contributed by atoms with Crippen LogP contribution >= 0.6 is 23.4 Å². The Hall–Kier alpha value is -2.51. The molecule has 1 heterocycles. The van der Waals surface area contributed by atoms with E-state index in [1.807, 2.05) is 37.3 Å². The number of esters is 1. The lowest BCUT2D eigenvalue weighted by molar-refractivity contribution is -0.149. The van der Waals surface area contributed by atoms with Crippen LogP contribution in [0.25, 0.3) is 0 Å². The van der Waals surface area contributed by atoms with Gasteiger partial charge in [-0.3, -0.25) is 14.4 Å². The maximum absolute atomic E-state index is 12.1. The number of rotatable bonds is 6. The molecule has 28 heavy (non-hydrogen) atoms. The van der Waals surface area contributed by atoms with E-state index in [2.05, 4.69) is 10.6 Å². The van der Waals surface area contributed by atoms with Gasteiger partial charge in [0.05, 0.1) is 23.4 Å². The Morgan fingerprint density at radius 1 is 1.21 bits per heavy atom. The first kappa shape index (κ1) is 20.2. The molecule has 2 atom stereocenters. The van der Waals surface area contributed by atoms with E-state index in [1.165, 1.54) is 11.8 Å². The van der Waals surface area contributed by atoms with E-state index in [4.69, 9.17) is 16.3 Å². The Bertz CT molecular complexity index is 888. The van der Waals surface area contributed by atoms with Crippen molar-refractivity contribution >= 4 is 46.8 Å². The molecule has 6 nitrogen and oxygen atoms in total. The van der Waals surface area contributed by atoms with Crippen LogP contribution in [0.4, 0.5) is 5.69 Å². The number of hydrogen-bond acceptors (Lipinski definition) is 5. The van der Waals surface area contributed by atoms with Gasteiger partial charge < -0.3 is 15.4 Å². The smallest absolute Gasteiger partial charge is 0.307 e. The molecular formula is C20H19ClN2O4S. The predicted octanol–water partition coefficient (Wildman–Crippen LogP) is 3.56. The van der Waals surface area contributed by atoms with Gasteiger partial charge in [0, 0.05) is 9.92 Å². The first-order valence-corrected chi connectivity index (χ1v) is 9.95. The summed E-state index contributed by atoms with van der Waals surface area (Å²) in [5.41, 5.74) is 1.62. The van der Waals surface area contributed by atoms with Crippen LogP contribution in [0.15, 0.2) is 53.4 Å². The Labute approximate surface area is 172 Å². The Morgan fingerprint density at radius 2 is 1.93 bits per heavy atom. The number of ether oxygens (including phenoxy) is 1. The van der Waals surface area contributed by atoms with Crippen molar-refractivity contribution in [3.63, 3.8) is 0 Å². The van der Waals surface area contributed by atoms with Crippen LogP contribution in [-0.2, 0) is 19.1 Å². The normalized spacial score (nSPS) is 16.5.